The van der Waals surface area contributed by atoms with E-state index in [0.29, 0.717) is 19.4 Å². The molecule has 142 valence electrons. The summed E-state index contributed by atoms with van der Waals surface area (Å²) in [6.45, 7) is 4.25. The number of nitrogens with one attached hydrogen (secondary N) is 2. The number of hydrogen-bond donors (Lipinski definition) is 4. The first-order valence-corrected chi connectivity index (χ1v) is 8.73. The highest BCUT2D eigenvalue weighted by atomic mass is 19.1. The summed E-state index contributed by atoms with van der Waals surface area (Å²) in [4.78, 5) is 26.1. The maximum Gasteiger partial charge on any atom is 0.475 e. The number of benzene rings is 1. The largest absolute Gasteiger partial charge is 0.475 e. The molecule has 2 unspecified atom stereocenters. The zero-order valence-electron chi connectivity index (χ0n) is 15.0. The second-order valence-corrected chi connectivity index (χ2v) is 6.91. The molecule has 1 fully saturated rings. The van der Waals surface area contributed by atoms with Crippen molar-refractivity contribution in [1.82, 2.24) is 10.6 Å². The van der Waals surface area contributed by atoms with Crippen LogP contribution in [0, 0.1) is 11.7 Å². The molecule has 0 aliphatic carbocycles. The molecule has 1 aliphatic heterocycles. The highest BCUT2D eigenvalue weighted by molar-refractivity contribution is 6.43. The lowest BCUT2D eigenvalue weighted by Gasteiger charge is -2.41. The Morgan fingerprint density at radius 2 is 1.96 bits per heavy atom. The molecule has 1 aliphatic rings. The molecule has 26 heavy (non-hydrogen) atoms. The minimum Gasteiger partial charge on any atom is -0.426 e. The monoisotopic (exact) mass is 365 g/mol. The van der Waals surface area contributed by atoms with Gasteiger partial charge >= 0.3 is 7.12 Å². The zero-order valence-corrected chi connectivity index (χ0v) is 15.0. The first kappa shape index (κ1) is 20.2. The molecule has 1 heterocycles. The van der Waals surface area contributed by atoms with Crippen LogP contribution in [0.4, 0.5) is 10.1 Å². The number of halogens is 1. The van der Waals surface area contributed by atoms with E-state index in [9.17, 15) is 24.0 Å². The van der Waals surface area contributed by atoms with Gasteiger partial charge in [-0.2, -0.15) is 0 Å². The average Bonchev–Trinajstić information content (AvgIpc) is 2.53. The predicted molar refractivity (Wildman–Crippen MR) is 96.7 cm³/mol. The minimum atomic E-state index is -1.65. The lowest BCUT2D eigenvalue weighted by Crippen LogP contribution is -2.58. The maximum atomic E-state index is 13.0. The zero-order chi connectivity index (χ0) is 19.3. The highest BCUT2D eigenvalue weighted by Crippen LogP contribution is 2.26. The van der Waals surface area contributed by atoms with Crippen molar-refractivity contribution in [1.29, 1.82) is 0 Å². The Kier molecular flexibility index (Phi) is 6.99. The fourth-order valence-corrected chi connectivity index (χ4v) is 2.91. The summed E-state index contributed by atoms with van der Waals surface area (Å²) in [5.41, 5.74) is 0.752. The van der Waals surface area contributed by atoms with Crippen LogP contribution in [-0.4, -0.2) is 54.1 Å². The highest BCUT2D eigenvalue weighted by Gasteiger charge is 2.34. The third kappa shape index (κ3) is 5.44. The van der Waals surface area contributed by atoms with Gasteiger partial charge in [0.15, 0.2) is 0 Å². The SMILES string of the molecule is CC(C)CC(NC(=O)CNC(=O)C1CCN1c1ccc(F)cc1)B(O)O. The molecule has 0 saturated carbocycles. The van der Waals surface area contributed by atoms with E-state index < -0.39 is 25.0 Å². The molecule has 9 heteroatoms. The normalized spacial score (nSPS) is 17.5. The number of hydrogen-bond acceptors (Lipinski definition) is 5. The first-order valence-electron chi connectivity index (χ1n) is 8.73. The van der Waals surface area contributed by atoms with Gasteiger partial charge in [-0.05, 0) is 43.0 Å². The van der Waals surface area contributed by atoms with Crippen molar-refractivity contribution < 1.29 is 24.0 Å². The van der Waals surface area contributed by atoms with Crippen LogP contribution >= 0.6 is 0 Å². The summed E-state index contributed by atoms with van der Waals surface area (Å²) in [5.74, 6) is -1.71. The van der Waals surface area contributed by atoms with E-state index in [-0.39, 0.29) is 24.2 Å². The van der Waals surface area contributed by atoms with E-state index in [0.717, 1.165) is 5.69 Å². The Morgan fingerprint density at radius 3 is 2.46 bits per heavy atom. The number of carbonyl (C=O) groups excluding carboxylic acids is 2. The molecule has 1 saturated heterocycles. The second kappa shape index (κ2) is 9.00. The summed E-state index contributed by atoms with van der Waals surface area (Å²) < 4.78 is 13.0. The van der Waals surface area contributed by atoms with Crippen LogP contribution < -0.4 is 15.5 Å². The van der Waals surface area contributed by atoms with Crippen molar-refractivity contribution in [3.63, 3.8) is 0 Å². The molecule has 1 aromatic carbocycles. The Morgan fingerprint density at radius 1 is 1.31 bits per heavy atom. The summed E-state index contributed by atoms with van der Waals surface area (Å²) in [6.07, 6.45) is 1.06. The van der Waals surface area contributed by atoms with Crippen molar-refractivity contribution in [2.75, 3.05) is 18.0 Å². The Labute approximate surface area is 152 Å². The van der Waals surface area contributed by atoms with Crippen molar-refractivity contribution in [3.8, 4) is 0 Å². The van der Waals surface area contributed by atoms with Gasteiger partial charge in [0.2, 0.25) is 11.8 Å². The van der Waals surface area contributed by atoms with Gasteiger partial charge in [-0.25, -0.2) is 4.39 Å². The fraction of sp³-hybridized carbons (Fsp3) is 0.529. The summed E-state index contributed by atoms with van der Waals surface area (Å²) in [7, 11) is -1.65. The molecule has 4 N–H and O–H groups in total. The molecule has 2 amide bonds. The van der Waals surface area contributed by atoms with Crippen molar-refractivity contribution >= 4 is 24.6 Å². The van der Waals surface area contributed by atoms with Crippen molar-refractivity contribution in [3.05, 3.63) is 30.1 Å². The van der Waals surface area contributed by atoms with E-state index in [1.807, 2.05) is 18.7 Å². The molecular weight excluding hydrogens is 340 g/mol. The molecule has 0 bridgehead atoms. The van der Waals surface area contributed by atoms with Gasteiger partial charge in [-0.1, -0.05) is 13.8 Å². The van der Waals surface area contributed by atoms with Crippen LogP contribution in [0.5, 0.6) is 0 Å². The molecule has 1 aromatic rings. The topological polar surface area (TPSA) is 102 Å². The third-order valence-corrected chi connectivity index (χ3v) is 4.34. The first-order chi connectivity index (χ1) is 12.3. The van der Waals surface area contributed by atoms with Gasteiger partial charge in [0.25, 0.3) is 0 Å². The number of anilines is 1. The quantitative estimate of drug-likeness (QED) is 0.488. The molecule has 2 atom stereocenters. The lowest BCUT2D eigenvalue weighted by molar-refractivity contribution is -0.127. The summed E-state index contributed by atoms with van der Waals surface area (Å²) >= 11 is 0. The van der Waals surface area contributed by atoms with Gasteiger partial charge in [0.1, 0.15) is 11.9 Å². The third-order valence-electron chi connectivity index (χ3n) is 4.34. The maximum absolute atomic E-state index is 13.0. The van der Waals surface area contributed by atoms with Gasteiger partial charge in [-0.3, -0.25) is 9.59 Å². The lowest BCUT2D eigenvalue weighted by atomic mass is 9.75. The van der Waals surface area contributed by atoms with E-state index in [2.05, 4.69) is 10.6 Å². The number of nitrogens with zero attached hydrogens (tertiary/aromatic N) is 1. The second-order valence-electron chi connectivity index (χ2n) is 6.91. The molecular formula is C17H25BFN3O4. The number of carbonyl (C=O) groups is 2. The number of rotatable bonds is 8. The van der Waals surface area contributed by atoms with Gasteiger partial charge in [-0.15, -0.1) is 0 Å². The van der Waals surface area contributed by atoms with Crippen molar-refractivity contribution in [2.24, 2.45) is 5.92 Å². The fourth-order valence-electron chi connectivity index (χ4n) is 2.91. The van der Waals surface area contributed by atoms with Gasteiger partial charge in [0.05, 0.1) is 12.5 Å². The molecule has 0 aromatic heterocycles. The van der Waals surface area contributed by atoms with E-state index in [1.165, 1.54) is 12.1 Å². The molecule has 2 rings (SSSR count). The van der Waals surface area contributed by atoms with E-state index >= 15 is 0 Å². The predicted octanol–water partition coefficient (Wildman–Crippen LogP) is 0.0635. The summed E-state index contributed by atoms with van der Waals surface area (Å²) in [5, 5.41) is 23.7. The van der Waals surface area contributed by atoms with Crippen LogP contribution in [0.25, 0.3) is 0 Å². The Hall–Kier alpha value is -2.13. The van der Waals surface area contributed by atoms with E-state index in [1.54, 1.807) is 12.1 Å². The van der Waals surface area contributed by atoms with Crippen LogP contribution in [0.1, 0.15) is 26.7 Å². The van der Waals surface area contributed by atoms with Crippen molar-refractivity contribution in [2.45, 2.75) is 38.7 Å². The van der Waals surface area contributed by atoms with Gasteiger partial charge < -0.3 is 25.6 Å². The van der Waals surface area contributed by atoms with Crippen LogP contribution in [0.3, 0.4) is 0 Å². The van der Waals surface area contributed by atoms with Crippen LogP contribution in [0.2, 0.25) is 0 Å². The smallest absolute Gasteiger partial charge is 0.426 e. The molecule has 0 radical (unpaired) electrons. The average molecular weight is 365 g/mol. The molecule has 7 nitrogen and oxygen atoms in total. The van der Waals surface area contributed by atoms with Crippen LogP contribution in [-0.2, 0) is 9.59 Å². The minimum absolute atomic E-state index is 0.177. The number of amides is 2. The standard InChI is InChI=1S/C17H25BFN3O4/c1-11(2)9-15(18(25)26)21-16(23)10-20-17(24)14-7-8-22(14)13-5-3-12(19)4-6-13/h3-6,11,14-15,25-26H,7-10H2,1-2H3,(H,20,24)(H,21,23). The molecule has 0 spiro atoms. The Balaban J connectivity index is 1.82. The van der Waals surface area contributed by atoms with E-state index in [4.69, 9.17) is 0 Å². The Bertz CT molecular complexity index is 627. The summed E-state index contributed by atoms with van der Waals surface area (Å²) in [6, 6.07) is 5.50. The van der Waals surface area contributed by atoms with Crippen LogP contribution in [0.15, 0.2) is 24.3 Å². The van der Waals surface area contributed by atoms with Gasteiger partial charge in [0, 0.05) is 12.2 Å².